The van der Waals surface area contributed by atoms with E-state index < -0.39 is 5.54 Å². The van der Waals surface area contributed by atoms with E-state index in [1.807, 2.05) is 31.2 Å². The third kappa shape index (κ3) is 3.89. The number of aliphatic hydroxyl groups excluding tert-OH is 1. The van der Waals surface area contributed by atoms with E-state index in [1.54, 1.807) is 37.2 Å². The number of aryl methyl sites for hydroxylation is 1. The Morgan fingerprint density at radius 2 is 2.13 bits per heavy atom. The number of anilines is 2. The summed E-state index contributed by atoms with van der Waals surface area (Å²) >= 11 is 0. The van der Waals surface area contributed by atoms with Gasteiger partial charge in [-0.25, -0.2) is 4.98 Å². The number of likely N-dealkylation sites (N-methyl/N-ethyl adjacent to an activating group) is 1. The van der Waals surface area contributed by atoms with Crippen LogP contribution in [0.2, 0.25) is 0 Å². The van der Waals surface area contributed by atoms with Gasteiger partial charge in [0.25, 0.3) is 5.91 Å². The molecule has 0 spiro atoms. The summed E-state index contributed by atoms with van der Waals surface area (Å²) in [5.41, 5.74) is 1.97. The third-order valence-corrected chi connectivity index (χ3v) is 5.49. The number of carbonyl (C=O) groups excluding carboxylic acids is 2. The first-order chi connectivity index (χ1) is 14.8. The number of rotatable bonds is 5. The molecule has 0 fully saturated rings. The Bertz CT molecular complexity index is 1200. The SMILES string of the molecule is Cc1c(CN(C)C(=O)C=Cc2cnc3c(c2)NC(C)(CO)C(=O)N3)oc2ccccc12. The molecule has 1 aromatic carbocycles. The van der Waals surface area contributed by atoms with Crippen LogP contribution in [0.5, 0.6) is 0 Å². The van der Waals surface area contributed by atoms with Gasteiger partial charge < -0.3 is 25.1 Å². The predicted octanol–water partition coefficient (Wildman–Crippen LogP) is 2.92. The zero-order valence-corrected chi connectivity index (χ0v) is 17.6. The first kappa shape index (κ1) is 20.6. The number of furan rings is 1. The molecular formula is C23H24N4O4. The Morgan fingerprint density at radius 3 is 2.87 bits per heavy atom. The quantitative estimate of drug-likeness (QED) is 0.548. The van der Waals surface area contributed by atoms with Crippen molar-refractivity contribution >= 4 is 40.4 Å². The zero-order chi connectivity index (χ0) is 22.2. The topological polar surface area (TPSA) is 108 Å². The maximum Gasteiger partial charge on any atom is 0.253 e. The number of nitrogens with zero attached hydrogens (tertiary/aromatic N) is 2. The Balaban J connectivity index is 1.47. The number of aromatic nitrogens is 1. The highest BCUT2D eigenvalue weighted by atomic mass is 16.3. The highest BCUT2D eigenvalue weighted by Gasteiger charge is 2.37. The maximum atomic E-state index is 12.6. The lowest BCUT2D eigenvalue weighted by Crippen LogP contribution is -2.53. The Hall–Kier alpha value is -3.65. The van der Waals surface area contributed by atoms with E-state index in [4.69, 9.17) is 4.42 Å². The highest BCUT2D eigenvalue weighted by molar-refractivity contribution is 6.05. The van der Waals surface area contributed by atoms with Crippen molar-refractivity contribution in [2.75, 3.05) is 24.3 Å². The molecule has 31 heavy (non-hydrogen) atoms. The fourth-order valence-electron chi connectivity index (χ4n) is 3.44. The van der Waals surface area contributed by atoms with Crippen molar-refractivity contribution in [1.29, 1.82) is 0 Å². The van der Waals surface area contributed by atoms with Gasteiger partial charge in [-0.3, -0.25) is 9.59 Å². The summed E-state index contributed by atoms with van der Waals surface area (Å²) in [6, 6.07) is 9.56. The van der Waals surface area contributed by atoms with Gasteiger partial charge in [0.05, 0.1) is 18.8 Å². The number of para-hydroxylation sites is 1. The van der Waals surface area contributed by atoms with Crippen LogP contribution in [0.3, 0.4) is 0 Å². The Morgan fingerprint density at radius 1 is 1.35 bits per heavy atom. The molecule has 3 N–H and O–H groups in total. The van der Waals surface area contributed by atoms with Crippen LogP contribution in [0.4, 0.5) is 11.5 Å². The van der Waals surface area contributed by atoms with Crippen LogP contribution in [-0.4, -0.2) is 46.0 Å². The van der Waals surface area contributed by atoms with Crippen molar-refractivity contribution in [2.24, 2.45) is 0 Å². The van der Waals surface area contributed by atoms with E-state index in [0.717, 1.165) is 22.3 Å². The molecule has 0 aliphatic carbocycles. The van der Waals surface area contributed by atoms with Gasteiger partial charge in [-0.1, -0.05) is 18.2 Å². The second-order valence-corrected chi connectivity index (χ2v) is 7.91. The summed E-state index contributed by atoms with van der Waals surface area (Å²) in [4.78, 5) is 30.5. The van der Waals surface area contributed by atoms with Gasteiger partial charge in [0.1, 0.15) is 16.9 Å². The summed E-state index contributed by atoms with van der Waals surface area (Å²) in [5.74, 6) is 0.607. The van der Waals surface area contributed by atoms with Crippen LogP contribution in [0.1, 0.15) is 23.8 Å². The van der Waals surface area contributed by atoms with Crippen molar-refractivity contribution in [1.82, 2.24) is 9.88 Å². The number of hydrogen-bond acceptors (Lipinski definition) is 6. The number of fused-ring (bicyclic) bond motifs is 2. The van der Waals surface area contributed by atoms with E-state index in [9.17, 15) is 14.7 Å². The van der Waals surface area contributed by atoms with E-state index in [0.29, 0.717) is 23.6 Å². The molecule has 1 unspecified atom stereocenters. The summed E-state index contributed by atoms with van der Waals surface area (Å²) in [5, 5.41) is 16.3. The predicted molar refractivity (Wildman–Crippen MR) is 118 cm³/mol. The summed E-state index contributed by atoms with van der Waals surface area (Å²) < 4.78 is 5.89. The van der Waals surface area contributed by atoms with Gasteiger partial charge in [-0.05, 0) is 37.6 Å². The summed E-state index contributed by atoms with van der Waals surface area (Å²) in [6.07, 6.45) is 4.69. The molecule has 160 valence electrons. The van der Waals surface area contributed by atoms with Crippen LogP contribution in [0, 0.1) is 6.92 Å². The van der Waals surface area contributed by atoms with Crippen LogP contribution >= 0.6 is 0 Å². The molecule has 3 heterocycles. The van der Waals surface area contributed by atoms with Crippen LogP contribution < -0.4 is 10.6 Å². The lowest BCUT2D eigenvalue weighted by atomic mass is 9.99. The molecular weight excluding hydrogens is 396 g/mol. The molecule has 2 amide bonds. The van der Waals surface area contributed by atoms with Crippen molar-refractivity contribution in [3.63, 3.8) is 0 Å². The van der Waals surface area contributed by atoms with Crippen LogP contribution in [0.25, 0.3) is 17.0 Å². The number of amides is 2. The summed E-state index contributed by atoms with van der Waals surface area (Å²) in [6.45, 7) is 3.59. The monoisotopic (exact) mass is 420 g/mol. The second-order valence-electron chi connectivity index (χ2n) is 7.91. The second kappa shape index (κ2) is 7.88. The van der Waals surface area contributed by atoms with Gasteiger partial charge in [-0.2, -0.15) is 0 Å². The number of carbonyl (C=O) groups is 2. The standard InChI is InChI=1S/C23H24N4O4/c1-14-16-6-4-5-7-18(16)31-19(14)12-27(3)20(29)9-8-15-10-17-21(24-11-15)25-22(30)23(2,13-28)26-17/h4-11,26,28H,12-13H2,1-3H3,(H,24,25,30). The van der Waals surface area contributed by atoms with Crippen molar-refractivity contribution < 1.29 is 19.1 Å². The summed E-state index contributed by atoms with van der Waals surface area (Å²) in [7, 11) is 1.72. The first-order valence-electron chi connectivity index (χ1n) is 9.91. The van der Waals surface area contributed by atoms with E-state index >= 15 is 0 Å². The molecule has 8 heteroatoms. The number of aliphatic hydroxyl groups is 1. The van der Waals surface area contributed by atoms with Gasteiger partial charge in [0.2, 0.25) is 5.91 Å². The van der Waals surface area contributed by atoms with Crippen molar-refractivity contribution in [2.45, 2.75) is 25.9 Å². The molecule has 1 aliphatic rings. The Kier molecular flexibility index (Phi) is 5.24. The lowest BCUT2D eigenvalue weighted by Gasteiger charge is -2.33. The largest absolute Gasteiger partial charge is 0.459 e. The van der Waals surface area contributed by atoms with E-state index in [2.05, 4.69) is 15.6 Å². The molecule has 8 nitrogen and oxygen atoms in total. The first-order valence-corrected chi connectivity index (χ1v) is 9.91. The molecule has 0 saturated heterocycles. The molecule has 4 rings (SSSR count). The number of hydrogen-bond donors (Lipinski definition) is 3. The molecule has 2 aromatic heterocycles. The normalized spacial score (nSPS) is 18.0. The third-order valence-electron chi connectivity index (χ3n) is 5.49. The molecule has 1 aliphatic heterocycles. The van der Waals surface area contributed by atoms with Crippen molar-refractivity contribution in [3.8, 4) is 0 Å². The minimum absolute atomic E-state index is 0.181. The van der Waals surface area contributed by atoms with Crippen molar-refractivity contribution in [3.05, 3.63) is 59.5 Å². The van der Waals surface area contributed by atoms with Gasteiger partial charge in [-0.15, -0.1) is 0 Å². The minimum atomic E-state index is -1.13. The molecule has 1 atom stereocenters. The highest BCUT2D eigenvalue weighted by Crippen LogP contribution is 2.30. The minimum Gasteiger partial charge on any atom is -0.459 e. The smallest absolute Gasteiger partial charge is 0.253 e. The fourth-order valence-corrected chi connectivity index (χ4v) is 3.44. The molecule has 0 radical (unpaired) electrons. The van der Waals surface area contributed by atoms with Gasteiger partial charge in [0.15, 0.2) is 5.82 Å². The van der Waals surface area contributed by atoms with E-state index in [1.165, 1.54) is 6.08 Å². The average Bonchev–Trinajstić information content (AvgIpc) is 3.08. The van der Waals surface area contributed by atoms with Crippen LogP contribution in [0.15, 0.2) is 47.0 Å². The van der Waals surface area contributed by atoms with E-state index in [-0.39, 0.29) is 18.4 Å². The zero-order valence-electron chi connectivity index (χ0n) is 17.6. The van der Waals surface area contributed by atoms with Gasteiger partial charge >= 0.3 is 0 Å². The fraction of sp³-hybridized carbons (Fsp3) is 0.261. The Labute approximate surface area is 179 Å². The van der Waals surface area contributed by atoms with Gasteiger partial charge in [0, 0.05) is 30.3 Å². The number of nitrogens with one attached hydrogen (secondary N) is 2. The molecule has 3 aromatic rings. The molecule has 0 bridgehead atoms. The van der Waals surface area contributed by atoms with Crippen LogP contribution in [-0.2, 0) is 16.1 Å². The maximum absolute atomic E-state index is 12.6. The number of benzene rings is 1. The number of pyridine rings is 1. The lowest BCUT2D eigenvalue weighted by molar-refractivity contribution is -0.125. The average molecular weight is 420 g/mol. The molecule has 0 saturated carbocycles.